The molecule has 0 bridgehead atoms. The van der Waals surface area contributed by atoms with Gasteiger partial charge in [0.2, 0.25) is 0 Å². The van der Waals surface area contributed by atoms with Crippen LogP contribution in [0.3, 0.4) is 0 Å². The lowest BCUT2D eigenvalue weighted by molar-refractivity contribution is -0.136. The van der Waals surface area contributed by atoms with Crippen molar-refractivity contribution >= 4 is 18.2 Å². The van der Waals surface area contributed by atoms with Crippen molar-refractivity contribution in [3.05, 3.63) is 101 Å². The van der Waals surface area contributed by atoms with E-state index in [1.807, 2.05) is 0 Å². The van der Waals surface area contributed by atoms with E-state index in [0.717, 1.165) is 5.56 Å². The van der Waals surface area contributed by atoms with Crippen LogP contribution in [-0.4, -0.2) is 49.9 Å². The number of benzene rings is 3. The van der Waals surface area contributed by atoms with Crippen LogP contribution in [0.25, 0.3) is 0 Å². The molecule has 0 saturated carbocycles. The highest BCUT2D eigenvalue weighted by atomic mass is 19.1. The maximum Gasteiger partial charge on any atom is 0.337 e. The lowest BCUT2D eigenvalue weighted by atomic mass is 9.95. The quantitative estimate of drug-likeness (QED) is 0.101. The summed E-state index contributed by atoms with van der Waals surface area (Å²) in [4.78, 5) is 24.5. The van der Waals surface area contributed by atoms with Crippen LogP contribution in [0.2, 0.25) is 0 Å². The van der Waals surface area contributed by atoms with Crippen molar-refractivity contribution in [3.63, 3.8) is 0 Å². The highest BCUT2D eigenvalue weighted by Gasteiger charge is 2.32. The number of nitrogens with zero attached hydrogens (tertiary/aromatic N) is 1. The van der Waals surface area contributed by atoms with Gasteiger partial charge < -0.3 is 34.7 Å². The molecule has 43 heavy (non-hydrogen) atoms. The number of hydrazone groups is 1. The zero-order valence-electron chi connectivity index (χ0n) is 23.9. The van der Waals surface area contributed by atoms with Gasteiger partial charge in [0, 0.05) is 11.3 Å². The molecule has 1 aliphatic heterocycles. The number of rotatable bonds is 13. The van der Waals surface area contributed by atoms with Crippen LogP contribution >= 0.6 is 0 Å². The SMILES string of the molecule is CCOc1cc([C@@H]2NC(=O)NC(C)=C2C(=O)OC)ccc1OC[C@@H](O)N/N=C\c1ccc(OCc2ccccc2F)cc1. The van der Waals surface area contributed by atoms with Crippen LogP contribution in [0.15, 0.2) is 83.1 Å². The maximum absolute atomic E-state index is 13.8. The van der Waals surface area contributed by atoms with E-state index in [2.05, 4.69) is 21.2 Å². The number of esters is 1. The first-order valence-electron chi connectivity index (χ1n) is 13.5. The highest BCUT2D eigenvalue weighted by Crippen LogP contribution is 2.35. The first-order valence-corrected chi connectivity index (χ1v) is 13.5. The number of methoxy groups -OCH3 is 1. The molecule has 11 nitrogen and oxygen atoms in total. The van der Waals surface area contributed by atoms with Gasteiger partial charge >= 0.3 is 12.0 Å². The second kappa shape index (κ2) is 14.7. The summed E-state index contributed by atoms with van der Waals surface area (Å²) < 4.78 is 35.8. The van der Waals surface area contributed by atoms with Gasteiger partial charge in [-0.25, -0.2) is 14.0 Å². The van der Waals surface area contributed by atoms with E-state index in [1.165, 1.54) is 19.4 Å². The van der Waals surface area contributed by atoms with Crippen LogP contribution < -0.4 is 30.3 Å². The molecule has 4 rings (SSSR count). The number of amides is 2. The maximum atomic E-state index is 13.8. The Morgan fingerprint density at radius 3 is 2.58 bits per heavy atom. The molecule has 1 aliphatic rings. The summed E-state index contributed by atoms with van der Waals surface area (Å²) in [5, 5.41) is 19.7. The normalized spacial score (nSPS) is 15.4. The summed E-state index contributed by atoms with van der Waals surface area (Å²) >= 11 is 0. The Kier molecular flexibility index (Phi) is 10.5. The number of hydrogen-bond donors (Lipinski definition) is 4. The number of carbonyl (C=O) groups is 2. The topological polar surface area (TPSA) is 140 Å². The molecule has 12 heteroatoms. The van der Waals surface area contributed by atoms with Crippen molar-refractivity contribution in [1.82, 2.24) is 16.1 Å². The standard InChI is InChI=1S/C31H33FN4O7/c1-4-41-26-15-21(29-28(30(38)40-3)19(2)34-31(39)35-29)11-14-25(26)43-18-27(37)36-33-16-20-9-12-23(13-10-20)42-17-22-7-5-6-8-24(22)32/h5-16,27,29,36-37H,4,17-18H2,1-3H3,(H2,34,35,39)/b33-16-/t27-,29+/m1/s1. The molecule has 0 aliphatic carbocycles. The fourth-order valence-electron chi connectivity index (χ4n) is 4.25. The largest absolute Gasteiger partial charge is 0.490 e. The summed E-state index contributed by atoms with van der Waals surface area (Å²) in [5.74, 6) is 0.393. The van der Waals surface area contributed by atoms with Crippen LogP contribution in [0.1, 0.15) is 36.6 Å². The summed E-state index contributed by atoms with van der Waals surface area (Å²) in [7, 11) is 1.27. The second-order valence-corrected chi connectivity index (χ2v) is 9.36. The molecule has 0 aromatic heterocycles. The Hall–Kier alpha value is -5.10. The van der Waals surface area contributed by atoms with E-state index < -0.39 is 24.3 Å². The Morgan fingerprint density at radius 1 is 1.09 bits per heavy atom. The fraction of sp³-hybridized carbons (Fsp3) is 0.258. The van der Waals surface area contributed by atoms with Gasteiger partial charge in [-0.3, -0.25) is 5.43 Å². The Bertz CT molecular complexity index is 1490. The van der Waals surface area contributed by atoms with E-state index >= 15 is 0 Å². The number of ether oxygens (including phenoxy) is 4. The molecule has 2 atom stereocenters. The predicted molar refractivity (Wildman–Crippen MR) is 156 cm³/mol. The summed E-state index contributed by atoms with van der Waals surface area (Å²) in [6.07, 6.45) is 0.375. The first-order chi connectivity index (χ1) is 20.8. The van der Waals surface area contributed by atoms with Gasteiger partial charge in [-0.15, -0.1) is 0 Å². The van der Waals surface area contributed by atoms with E-state index in [-0.39, 0.29) is 24.6 Å². The molecular formula is C31H33FN4O7. The Balaban J connectivity index is 1.33. The smallest absolute Gasteiger partial charge is 0.337 e. The molecule has 226 valence electrons. The molecule has 0 radical (unpaired) electrons. The van der Waals surface area contributed by atoms with Crippen LogP contribution in [0.4, 0.5) is 9.18 Å². The number of carbonyl (C=O) groups excluding carboxylic acids is 2. The third-order valence-electron chi connectivity index (χ3n) is 6.34. The molecule has 0 unspecified atom stereocenters. The average molecular weight is 593 g/mol. The van der Waals surface area contributed by atoms with Gasteiger partial charge in [-0.05, 0) is 67.4 Å². The van der Waals surface area contributed by atoms with E-state index in [9.17, 15) is 19.1 Å². The summed E-state index contributed by atoms with van der Waals surface area (Å²) in [5.41, 5.74) is 5.03. The summed E-state index contributed by atoms with van der Waals surface area (Å²) in [6.45, 7) is 3.71. The molecule has 1 heterocycles. The zero-order chi connectivity index (χ0) is 30.8. The van der Waals surface area contributed by atoms with E-state index in [1.54, 1.807) is 74.5 Å². The number of hydrogen-bond acceptors (Lipinski definition) is 9. The number of nitrogens with one attached hydrogen (secondary N) is 3. The number of aliphatic hydroxyl groups is 1. The van der Waals surface area contributed by atoms with Crippen molar-refractivity contribution in [2.75, 3.05) is 20.3 Å². The lowest BCUT2D eigenvalue weighted by Gasteiger charge is -2.28. The number of halogens is 1. The number of allylic oxidation sites excluding steroid dienone is 1. The Labute approximate surface area is 248 Å². The number of urea groups is 1. The minimum Gasteiger partial charge on any atom is -0.490 e. The third-order valence-corrected chi connectivity index (χ3v) is 6.34. The minimum atomic E-state index is -1.14. The lowest BCUT2D eigenvalue weighted by Crippen LogP contribution is -2.45. The molecule has 3 aromatic rings. The van der Waals surface area contributed by atoms with E-state index in [0.29, 0.717) is 40.7 Å². The Morgan fingerprint density at radius 2 is 1.86 bits per heavy atom. The molecule has 2 amide bonds. The molecule has 0 fully saturated rings. The predicted octanol–water partition coefficient (Wildman–Crippen LogP) is 3.93. The number of aliphatic hydroxyl groups excluding tert-OH is 1. The average Bonchev–Trinajstić information content (AvgIpc) is 3.00. The zero-order valence-corrected chi connectivity index (χ0v) is 23.9. The van der Waals surface area contributed by atoms with Crippen LogP contribution in [0, 0.1) is 5.82 Å². The first kappa shape index (κ1) is 30.8. The van der Waals surface area contributed by atoms with Crippen molar-refractivity contribution in [2.45, 2.75) is 32.7 Å². The monoisotopic (exact) mass is 592 g/mol. The second-order valence-electron chi connectivity index (χ2n) is 9.36. The van der Waals surface area contributed by atoms with Crippen LogP contribution in [0.5, 0.6) is 17.2 Å². The van der Waals surface area contributed by atoms with E-state index in [4.69, 9.17) is 18.9 Å². The minimum absolute atomic E-state index is 0.113. The van der Waals surface area contributed by atoms with Gasteiger partial charge in [0.25, 0.3) is 0 Å². The van der Waals surface area contributed by atoms with Crippen molar-refractivity contribution < 1.29 is 38.0 Å². The van der Waals surface area contributed by atoms with Gasteiger partial charge in [0.05, 0.1) is 31.5 Å². The van der Waals surface area contributed by atoms with Gasteiger partial charge in [0.1, 0.15) is 24.8 Å². The van der Waals surface area contributed by atoms with Crippen LogP contribution in [-0.2, 0) is 16.1 Å². The summed E-state index contributed by atoms with van der Waals surface area (Å²) in [6, 6.07) is 17.2. The van der Waals surface area contributed by atoms with Gasteiger partial charge in [-0.2, -0.15) is 5.10 Å². The van der Waals surface area contributed by atoms with Gasteiger partial charge in [0.15, 0.2) is 17.7 Å². The molecule has 0 spiro atoms. The molecule has 3 aromatic carbocycles. The highest BCUT2D eigenvalue weighted by molar-refractivity contribution is 5.95. The fourth-order valence-corrected chi connectivity index (χ4v) is 4.25. The molecular weight excluding hydrogens is 559 g/mol. The molecule has 0 saturated heterocycles. The molecule has 4 N–H and O–H groups in total. The third kappa shape index (κ3) is 8.23. The van der Waals surface area contributed by atoms with Gasteiger partial charge in [-0.1, -0.05) is 24.3 Å². The van der Waals surface area contributed by atoms with Crippen molar-refractivity contribution in [1.29, 1.82) is 0 Å². The van der Waals surface area contributed by atoms with Crippen molar-refractivity contribution in [3.8, 4) is 17.2 Å². The van der Waals surface area contributed by atoms with Crippen molar-refractivity contribution in [2.24, 2.45) is 5.10 Å².